The number of amides is 1. The number of benzene rings is 1. The van der Waals surface area contributed by atoms with Gasteiger partial charge in [0.15, 0.2) is 0 Å². The van der Waals surface area contributed by atoms with E-state index in [4.69, 9.17) is 4.74 Å². The molecule has 1 aromatic carbocycles. The maximum absolute atomic E-state index is 12.2. The third-order valence-electron chi connectivity index (χ3n) is 4.75. The summed E-state index contributed by atoms with van der Waals surface area (Å²) in [5, 5.41) is 12.4. The fraction of sp³-hybridized carbons (Fsp3) is 0.316. The first-order chi connectivity index (χ1) is 12.2. The molecule has 4 rings (SSSR count). The number of carbonyl (C=O) groups is 1. The Balaban J connectivity index is 1.40. The molecule has 6 nitrogen and oxygen atoms in total. The van der Waals surface area contributed by atoms with Crippen LogP contribution in [0.25, 0.3) is 0 Å². The summed E-state index contributed by atoms with van der Waals surface area (Å²) in [5.74, 6) is 0.757. The standard InChI is InChI=1S/C19H18N4O2/c20-13-19(8-9-19)14-4-6-15(7-5-14)23-12-16(25-18(23)24)11-22-17-3-1-2-10-21-17/h1-7,10,16H,8-9,11-12H2,(H,21,22)/t16-/m0/s1. The van der Waals surface area contributed by atoms with Gasteiger partial charge < -0.3 is 10.1 Å². The largest absolute Gasteiger partial charge is 0.442 e. The first-order valence-electron chi connectivity index (χ1n) is 8.35. The van der Waals surface area contributed by atoms with Crippen LogP contribution in [0.1, 0.15) is 18.4 Å². The first kappa shape index (κ1) is 15.5. The van der Waals surface area contributed by atoms with Gasteiger partial charge >= 0.3 is 6.09 Å². The van der Waals surface area contributed by atoms with E-state index in [1.807, 2.05) is 42.5 Å². The fourth-order valence-corrected chi connectivity index (χ4v) is 3.07. The highest BCUT2D eigenvalue weighted by Gasteiger charge is 2.44. The van der Waals surface area contributed by atoms with Crippen LogP contribution < -0.4 is 10.2 Å². The van der Waals surface area contributed by atoms with E-state index in [0.29, 0.717) is 13.1 Å². The van der Waals surface area contributed by atoms with Crippen LogP contribution in [0.5, 0.6) is 0 Å². The molecule has 0 unspecified atom stereocenters. The Hall–Kier alpha value is -3.07. The van der Waals surface area contributed by atoms with Crippen LogP contribution in [0.4, 0.5) is 16.3 Å². The number of cyclic esters (lactones) is 1. The third-order valence-corrected chi connectivity index (χ3v) is 4.75. The van der Waals surface area contributed by atoms with Crippen LogP contribution in [0.3, 0.4) is 0 Å². The second kappa shape index (κ2) is 6.10. The van der Waals surface area contributed by atoms with Crippen LogP contribution >= 0.6 is 0 Å². The van der Waals surface area contributed by atoms with Gasteiger partial charge in [-0.2, -0.15) is 5.26 Å². The number of ether oxygens (including phenoxy) is 1. The maximum Gasteiger partial charge on any atom is 0.414 e. The van der Waals surface area contributed by atoms with Crippen molar-refractivity contribution >= 4 is 17.6 Å². The van der Waals surface area contributed by atoms with Gasteiger partial charge in [-0.15, -0.1) is 0 Å². The highest BCUT2D eigenvalue weighted by molar-refractivity contribution is 5.89. The van der Waals surface area contributed by atoms with Crippen LogP contribution in [0.15, 0.2) is 48.7 Å². The van der Waals surface area contributed by atoms with Crippen LogP contribution in [0, 0.1) is 11.3 Å². The minimum atomic E-state index is -0.345. The number of nitriles is 1. The van der Waals surface area contributed by atoms with Crippen molar-refractivity contribution in [3.05, 3.63) is 54.2 Å². The van der Waals surface area contributed by atoms with Crippen molar-refractivity contribution in [3.63, 3.8) is 0 Å². The Morgan fingerprint density at radius 3 is 2.72 bits per heavy atom. The second-order valence-electron chi connectivity index (χ2n) is 6.45. The number of nitrogens with one attached hydrogen (secondary N) is 1. The molecule has 1 aliphatic carbocycles. The van der Waals surface area contributed by atoms with Crippen molar-refractivity contribution in [3.8, 4) is 6.07 Å². The van der Waals surface area contributed by atoms with Crippen molar-refractivity contribution in [2.75, 3.05) is 23.3 Å². The molecule has 1 N–H and O–H groups in total. The summed E-state index contributed by atoms with van der Waals surface area (Å²) >= 11 is 0. The predicted molar refractivity (Wildman–Crippen MR) is 93.3 cm³/mol. The van der Waals surface area contributed by atoms with E-state index >= 15 is 0 Å². The summed E-state index contributed by atoms with van der Waals surface area (Å²) in [6, 6.07) is 15.7. The molecule has 0 radical (unpaired) electrons. The van der Waals surface area contributed by atoms with Crippen molar-refractivity contribution < 1.29 is 9.53 Å². The number of aromatic nitrogens is 1. The number of carbonyl (C=O) groups excluding carboxylic acids is 1. The molecule has 1 aromatic heterocycles. The van der Waals surface area contributed by atoms with E-state index in [1.165, 1.54) is 0 Å². The fourth-order valence-electron chi connectivity index (χ4n) is 3.07. The van der Waals surface area contributed by atoms with E-state index in [0.717, 1.165) is 29.9 Å². The minimum absolute atomic E-state index is 0.233. The molecule has 1 atom stereocenters. The topological polar surface area (TPSA) is 78.2 Å². The lowest BCUT2D eigenvalue weighted by molar-refractivity contribution is 0.147. The Morgan fingerprint density at radius 1 is 1.28 bits per heavy atom. The molecule has 1 aliphatic heterocycles. The van der Waals surface area contributed by atoms with E-state index in [9.17, 15) is 10.1 Å². The molecule has 2 aromatic rings. The average Bonchev–Trinajstić information content (AvgIpc) is 3.38. The number of hydrogen-bond acceptors (Lipinski definition) is 5. The zero-order valence-corrected chi connectivity index (χ0v) is 13.7. The summed E-state index contributed by atoms with van der Waals surface area (Å²) in [6.07, 6.45) is 2.96. The summed E-state index contributed by atoms with van der Waals surface area (Å²) < 4.78 is 5.43. The van der Waals surface area contributed by atoms with Gasteiger partial charge in [-0.25, -0.2) is 9.78 Å². The number of hydrogen-bond donors (Lipinski definition) is 1. The van der Waals surface area contributed by atoms with Gasteiger partial charge in [0.2, 0.25) is 0 Å². The lowest BCUT2D eigenvalue weighted by atomic mass is 9.97. The first-order valence-corrected chi connectivity index (χ1v) is 8.35. The highest BCUT2D eigenvalue weighted by atomic mass is 16.6. The second-order valence-corrected chi connectivity index (χ2v) is 6.45. The van der Waals surface area contributed by atoms with Gasteiger partial charge in [-0.05, 0) is 42.7 Å². The van der Waals surface area contributed by atoms with Gasteiger partial charge in [-0.3, -0.25) is 4.90 Å². The molecule has 1 saturated carbocycles. The third kappa shape index (κ3) is 3.01. The molecule has 1 amide bonds. The quantitative estimate of drug-likeness (QED) is 0.909. The predicted octanol–water partition coefficient (Wildman–Crippen LogP) is 3.07. The number of nitrogens with zero attached hydrogens (tertiary/aromatic N) is 3. The van der Waals surface area contributed by atoms with Gasteiger partial charge in [0.1, 0.15) is 11.9 Å². The Labute approximate surface area is 146 Å². The summed E-state index contributed by atoms with van der Waals surface area (Å²) in [7, 11) is 0. The molecular weight excluding hydrogens is 316 g/mol. The maximum atomic E-state index is 12.2. The normalized spacial score (nSPS) is 20.7. The van der Waals surface area contributed by atoms with E-state index in [-0.39, 0.29) is 17.6 Å². The van der Waals surface area contributed by atoms with Crippen LogP contribution in [-0.2, 0) is 10.2 Å². The number of anilines is 2. The van der Waals surface area contributed by atoms with Crippen molar-refractivity contribution in [2.45, 2.75) is 24.4 Å². The molecule has 2 fully saturated rings. The molecule has 126 valence electrons. The Kier molecular flexibility index (Phi) is 3.77. The average molecular weight is 334 g/mol. The summed E-state index contributed by atoms with van der Waals surface area (Å²) in [4.78, 5) is 18.0. The van der Waals surface area contributed by atoms with Gasteiger partial charge in [0.25, 0.3) is 0 Å². The summed E-state index contributed by atoms with van der Waals surface area (Å²) in [5.41, 5.74) is 1.52. The zero-order valence-electron chi connectivity index (χ0n) is 13.7. The highest BCUT2D eigenvalue weighted by Crippen LogP contribution is 2.47. The smallest absolute Gasteiger partial charge is 0.414 e. The van der Waals surface area contributed by atoms with Crippen molar-refractivity contribution in [1.29, 1.82) is 5.26 Å². The van der Waals surface area contributed by atoms with E-state index in [2.05, 4.69) is 16.4 Å². The van der Waals surface area contributed by atoms with Gasteiger partial charge in [-0.1, -0.05) is 18.2 Å². The molecule has 0 bridgehead atoms. The Morgan fingerprint density at radius 2 is 2.08 bits per heavy atom. The Bertz CT molecular complexity index is 810. The molecule has 6 heteroatoms. The van der Waals surface area contributed by atoms with E-state index in [1.54, 1.807) is 11.1 Å². The molecule has 2 heterocycles. The molecular formula is C19H18N4O2. The number of pyridine rings is 1. The van der Waals surface area contributed by atoms with Crippen molar-refractivity contribution in [1.82, 2.24) is 4.98 Å². The summed E-state index contributed by atoms with van der Waals surface area (Å²) in [6.45, 7) is 0.996. The van der Waals surface area contributed by atoms with Crippen LogP contribution in [0.2, 0.25) is 0 Å². The minimum Gasteiger partial charge on any atom is -0.442 e. The monoisotopic (exact) mass is 334 g/mol. The zero-order chi connectivity index (χ0) is 17.3. The lowest BCUT2D eigenvalue weighted by Gasteiger charge is -2.15. The van der Waals surface area contributed by atoms with Gasteiger partial charge in [0.05, 0.1) is 24.6 Å². The lowest BCUT2D eigenvalue weighted by Crippen LogP contribution is -2.27. The molecule has 0 spiro atoms. The van der Waals surface area contributed by atoms with E-state index < -0.39 is 0 Å². The molecule has 1 saturated heterocycles. The molecule has 2 aliphatic rings. The molecule has 25 heavy (non-hydrogen) atoms. The van der Waals surface area contributed by atoms with Gasteiger partial charge in [0, 0.05) is 11.9 Å². The van der Waals surface area contributed by atoms with Crippen LogP contribution in [-0.4, -0.2) is 30.3 Å². The van der Waals surface area contributed by atoms with Crippen molar-refractivity contribution in [2.24, 2.45) is 0 Å². The SMILES string of the molecule is N#CC1(c2ccc(N3C[C@H](CNc4ccccn4)OC3=O)cc2)CC1. The number of rotatable bonds is 5.